The predicted octanol–water partition coefficient (Wildman–Crippen LogP) is 1.56. The first-order valence-electron chi connectivity index (χ1n) is 9.24. The number of nitrogens with one attached hydrogen (secondary N) is 1. The maximum absolute atomic E-state index is 9.60. The van der Waals surface area contributed by atoms with Gasteiger partial charge in [0.15, 0.2) is 0 Å². The molecule has 1 saturated heterocycles. The van der Waals surface area contributed by atoms with Crippen LogP contribution in [0.3, 0.4) is 0 Å². The van der Waals surface area contributed by atoms with Gasteiger partial charge in [0.05, 0.1) is 23.8 Å². The van der Waals surface area contributed by atoms with Gasteiger partial charge in [-0.2, -0.15) is 0 Å². The summed E-state index contributed by atoms with van der Waals surface area (Å²) < 4.78 is 0. The molecule has 2 atom stereocenters. The van der Waals surface area contributed by atoms with Gasteiger partial charge in [-0.3, -0.25) is 0 Å². The molecule has 3 aromatic rings. The molecular formula is C19H24N6O2. The van der Waals surface area contributed by atoms with Crippen LogP contribution >= 0.6 is 0 Å². The molecule has 3 aromatic heterocycles. The zero-order valence-corrected chi connectivity index (χ0v) is 15.0. The Labute approximate surface area is 157 Å². The molecule has 1 fully saturated rings. The van der Waals surface area contributed by atoms with E-state index in [-0.39, 0.29) is 12.6 Å². The Morgan fingerprint density at radius 2 is 2.15 bits per heavy atom. The highest BCUT2D eigenvalue weighted by molar-refractivity contribution is 6.02. The molecule has 4 heterocycles. The van der Waals surface area contributed by atoms with Crippen LogP contribution in [0.5, 0.6) is 0 Å². The summed E-state index contributed by atoms with van der Waals surface area (Å²) in [5.74, 6) is 0.752. The third kappa shape index (κ3) is 3.58. The number of anilines is 2. The zero-order chi connectivity index (χ0) is 18.8. The summed E-state index contributed by atoms with van der Waals surface area (Å²) in [4.78, 5) is 18.4. The molecule has 8 nitrogen and oxygen atoms in total. The predicted molar refractivity (Wildman–Crippen MR) is 104 cm³/mol. The fraction of sp³-hybridized carbons (Fsp3) is 0.421. The average molecular weight is 368 g/mol. The van der Waals surface area contributed by atoms with Crippen molar-refractivity contribution in [3.63, 3.8) is 0 Å². The van der Waals surface area contributed by atoms with Crippen molar-refractivity contribution < 1.29 is 10.2 Å². The van der Waals surface area contributed by atoms with E-state index < -0.39 is 6.10 Å². The molecule has 1 aliphatic heterocycles. The smallest absolute Gasteiger partial charge is 0.220 e. The van der Waals surface area contributed by atoms with E-state index >= 15 is 0 Å². The lowest BCUT2D eigenvalue weighted by Crippen LogP contribution is -2.21. The van der Waals surface area contributed by atoms with Gasteiger partial charge in [-0.15, -0.1) is 0 Å². The lowest BCUT2D eigenvalue weighted by molar-refractivity contribution is 0.0832. The summed E-state index contributed by atoms with van der Waals surface area (Å²) in [6, 6.07) is 3.88. The maximum Gasteiger partial charge on any atom is 0.220 e. The van der Waals surface area contributed by atoms with Gasteiger partial charge in [0.25, 0.3) is 0 Å². The van der Waals surface area contributed by atoms with E-state index in [0.29, 0.717) is 12.3 Å². The van der Waals surface area contributed by atoms with Crippen molar-refractivity contribution in [2.75, 3.05) is 30.3 Å². The van der Waals surface area contributed by atoms with Crippen LogP contribution < -0.4 is 10.6 Å². The summed E-state index contributed by atoms with van der Waals surface area (Å²) in [5.41, 5.74) is 9.43. The number of aliphatic hydroxyl groups is 2. The Balaban J connectivity index is 1.62. The normalized spacial score (nSPS) is 18.3. The third-order valence-electron chi connectivity index (χ3n) is 5.25. The number of nitrogens with zero attached hydrogens (tertiary/aromatic N) is 4. The minimum absolute atomic E-state index is 0.170. The summed E-state index contributed by atoms with van der Waals surface area (Å²) in [7, 11) is 0. The number of nitrogens with two attached hydrogens (primary N) is 1. The van der Waals surface area contributed by atoms with Gasteiger partial charge in [0.2, 0.25) is 5.95 Å². The molecule has 8 heteroatoms. The number of aliphatic hydroxyl groups excluding tert-OH is 2. The number of hydrogen-bond donors (Lipinski definition) is 4. The molecule has 4 rings (SSSR count). The molecule has 1 aliphatic rings. The molecule has 0 spiro atoms. The van der Waals surface area contributed by atoms with E-state index in [2.05, 4.69) is 24.8 Å². The lowest BCUT2D eigenvalue weighted by Gasteiger charge is -2.20. The number of rotatable bonds is 6. The Hall–Kier alpha value is -2.71. The molecule has 0 amide bonds. The molecule has 142 valence electrons. The Morgan fingerprint density at radius 3 is 2.96 bits per heavy atom. The highest BCUT2D eigenvalue weighted by atomic mass is 16.3. The van der Waals surface area contributed by atoms with Crippen LogP contribution in [0, 0.1) is 5.92 Å². The summed E-state index contributed by atoms with van der Waals surface area (Å²) in [5, 5.41) is 19.6. The van der Waals surface area contributed by atoms with Crippen molar-refractivity contribution in [1.82, 2.24) is 19.9 Å². The monoisotopic (exact) mass is 368 g/mol. The second kappa shape index (κ2) is 7.50. The van der Waals surface area contributed by atoms with Crippen molar-refractivity contribution in [3.8, 4) is 11.3 Å². The second-order valence-electron chi connectivity index (χ2n) is 7.07. The molecule has 0 aromatic carbocycles. The minimum atomic E-state index is -0.619. The van der Waals surface area contributed by atoms with Crippen LogP contribution in [0.2, 0.25) is 0 Å². The van der Waals surface area contributed by atoms with Gasteiger partial charge in [-0.25, -0.2) is 15.0 Å². The number of H-pyrrole nitrogens is 1. The van der Waals surface area contributed by atoms with Crippen LogP contribution in [-0.2, 0) is 0 Å². The van der Waals surface area contributed by atoms with Crippen molar-refractivity contribution >= 4 is 22.7 Å². The maximum atomic E-state index is 9.60. The van der Waals surface area contributed by atoms with Crippen LogP contribution in [0.15, 0.2) is 30.7 Å². The van der Waals surface area contributed by atoms with Crippen LogP contribution in [0.1, 0.15) is 19.3 Å². The standard InChI is InChI=1S/C19H24N6O2/c20-19-22-6-3-15(24-19)14-9-23-18-17(14)16(4-7-21-18)25-8-5-12(10-25)1-2-13(27)11-26/h3-4,6-7,9,12-13,26-27H,1-2,5,8,10-11H2,(H,21,23)(H2,20,22,24)/t12-,13-/m0/s1. The molecule has 0 radical (unpaired) electrons. The number of aromatic nitrogens is 4. The third-order valence-corrected chi connectivity index (χ3v) is 5.25. The van der Waals surface area contributed by atoms with Crippen molar-refractivity contribution in [2.45, 2.75) is 25.4 Å². The quantitative estimate of drug-likeness (QED) is 0.520. The number of fused-ring (bicyclic) bond motifs is 1. The Bertz CT molecular complexity index is 927. The van der Waals surface area contributed by atoms with E-state index in [1.807, 2.05) is 24.5 Å². The van der Waals surface area contributed by atoms with Gasteiger partial charge in [0.1, 0.15) is 5.65 Å². The minimum Gasteiger partial charge on any atom is -0.394 e. The van der Waals surface area contributed by atoms with Gasteiger partial charge < -0.3 is 25.8 Å². The zero-order valence-electron chi connectivity index (χ0n) is 15.0. The average Bonchev–Trinajstić information content (AvgIpc) is 3.33. The number of nitrogen functional groups attached to an aromatic ring is 1. The van der Waals surface area contributed by atoms with Gasteiger partial charge >= 0.3 is 0 Å². The number of aromatic amines is 1. The summed E-state index contributed by atoms with van der Waals surface area (Å²) >= 11 is 0. The molecule has 0 unspecified atom stereocenters. The first kappa shape index (κ1) is 17.7. The van der Waals surface area contributed by atoms with E-state index in [1.165, 1.54) is 0 Å². The molecule has 5 N–H and O–H groups in total. The van der Waals surface area contributed by atoms with E-state index in [4.69, 9.17) is 10.8 Å². The lowest BCUT2D eigenvalue weighted by atomic mass is 10.0. The van der Waals surface area contributed by atoms with Crippen molar-refractivity contribution in [1.29, 1.82) is 0 Å². The van der Waals surface area contributed by atoms with Gasteiger partial charge in [-0.1, -0.05) is 0 Å². The molecular weight excluding hydrogens is 344 g/mol. The van der Waals surface area contributed by atoms with E-state index in [9.17, 15) is 5.11 Å². The van der Waals surface area contributed by atoms with Crippen LogP contribution in [0.4, 0.5) is 11.6 Å². The largest absolute Gasteiger partial charge is 0.394 e. The summed E-state index contributed by atoms with van der Waals surface area (Å²) in [6.07, 6.45) is 7.38. The Kier molecular flexibility index (Phi) is 4.91. The topological polar surface area (TPSA) is 124 Å². The molecule has 0 aliphatic carbocycles. The highest BCUT2D eigenvalue weighted by Crippen LogP contribution is 2.37. The number of hydrogen-bond acceptors (Lipinski definition) is 7. The second-order valence-corrected chi connectivity index (χ2v) is 7.07. The fourth-order valence-electron chi connectivity index (χ4n) is 3.84. The molecule has 0 saturated carbocycles. The number of pyridine rings is 1. The van der Waals surface area contributed by atoms with Gasteiger partial charge in [0, 0.05) is 42.9 Å². The Morgan fingerprint density at radius 1 is 1.30 bits per heavy atom. The highest BCUT2D eigenvalue weighted by Gasteiger charge is 2.26. The van der Waals surface area contributed by atoms with E-state index in [0.717, 1.165) is 53.9 Å². The van der Waals surface area contributed by atoms with E-state index in [1.54, 1.807) is 6.20 Å². The first-order valence-corrected chi connectivity index (χ1v) is 9.24. The van der Waals surface area contributed by atoms with Crippen molar-refractivity contribution in [3.05, 3.63) is 30.7 Å². The van der Waals surface area contributed by atoms with Crippen LogP contribution in [-0.4, -0.2) is 55.9 Å². The SMILES string of the molecule is Nc1nccc(-c2c[nH]c3nccc(N4CC[C@H](CC[C@H](O)CO)C4)c23)n1. The molecule has 27 heavy (non-hydrogen) atoms. The van der Waals surface area contributed by atoms with Gasteiger partial charge in [-0.05, 0) is 37.3 Å². The first-order chi connectivity index (χ1) is 13.2. The van der Waals surface area contributed by atoms with Crippen LogP contribution in [0.25, 0.3) is 22.3 Å². The summed E-state index contributed by atoms with van der Waals surface area (Å²) in [6.45, 7) is 1.71. The fourth-order valence-corrected chi connectivity index (χ4v) is 3.84. The van der Waals surface area contributed by atoms with Crippen molar-refractivity contribution in [2.24, 2.45) is 5.92 Å². The molecule has 0 bridgehead atoms.